The van der Waals surface area contributed by atoms with E-state index in [2.05, 4.69) is 15.5 Å². The Morgan fingerprint density at radius 2 is 2.15 bits per heavy atom. The number of carbonyl (C=O) groups excluding carboxylic acids is 1. The smallest absolute Gasteiger partial charge is 0.257 e. The third-order valence-electron chi connectivity index (χ3n) is 4.43. The minimum Gasteiger partial charge on any atom is -0.296 e. The number of rotatable bonds is 5. The molecule has 1 aliphatic rings. The van der Waals surface area contributed by atoms with Gasteiger partial charge in [-0.25, -0.2) is 8.42 Å². The number of aryl methyl sites for hydroxylation is 1. The Morgan fingerprint density at radius 1 is 1.35 bits per heavy atom. The van der Waals surface area contributed by atoms with Crippen LogP contribution < -0.4 is 5.32 Å². The normalized spacial score (nSPS) is 18.6. The second kappa shape index (κ2) is 7.81. The van der Waals surface area contributed by atoms with E-state index in [-0.39, 0.29) is 16.5 Å². The van der Waals surface area contributed by atoms with E-state index >= 15 is 0 Å². The molecule has 1 atom stereocenters. The first-order chi connectivity index (χ1) is 12.4. The van der Waals surface area contributed by atoms with Crippen molar-refractivity contribution in [3.8, 4) is 0 Å². The second-order valence-electron chi connectivity index (χ2n) is 6.30. The van der Waals surface area contributed by atoms with Crippen LogP contribution in [0.1, 0.15) is 48.5 Å². The molecule has 1 unspecified atom stereocenters. The van der Waals surface area contributed by atoms with Crippen LogP contribution in [0.3, 0.4) is 0 Å². The predicted octanol–water partition coefficient (Wildman–Crippen LogP) is 2.92. The fourth-order valence-electron chi connectivity index (χ4n) is 2.98. The summed E-state index contributed by atoms with van der Waals surface area (Å²) in [5, 5.41) is 11.8. The number of nitrogens with one attached hydrogen (secondary N) is 1. The first kappa shape index (κ1) is 18.9. The summed E-state index contributed by atoms with van der Waals surface area (Å²) in [4.78, 5) is 12.6. The summed E-state index contributed by atoms with van der Waals surface area (Å²) in [6, 6.07) is 6.12. The highest BCUT2D eigenvalue weighted by atomic mass is 32.2. The van der Waals surface area contributed by atoms with Gasteiger partial charge in [-0.3, -0.25) is 10.1 Å². The molecule has 1 N–H and O–H groups in total. The molecular formula is C17H22N4O3S2. The van der Waals surface area contributed by atoms with E-state index in [1.165, 1.54) is 27.8 Å². The number of hydrogen-bond donors (Lipinski definition) is 1. The lowest BCUT2D eigenvalue weighted by Crippen LogP contribution is -2.41. The van der Waals surface area contributed by atoms with Crippen LogP contribution in [-0.2, 0) is 16.4 Å². The molecule has 1 amide bonds. The highest BCUT2D eigenvalue weighted by Gasteiger charge is 2.31. The molecule has 140 valence electrons. The second-order valence-corrected chi connectivity index (χ2v) is 9.25. The summed E-state index contributed by atoms with van der Waals surface area (Å²) in [6.45, 7) is 4.40. The zero-order chi connectivity index (χ0) is 18.7. The first-order valence-corrected chi connectivity index (χ1v) is 10.9. The van der Waals surface area contributed by atoms with Gasteiger partial charge in [0.25, 0.3) is 5.91 Å². The van der Waals surface area contributed by atoms with Crippen molar-refractivity contribution in [2.45, 2.75) is 50.5 Å². The monoisotopic (exact) mass is 394 g/mol. The van der Waals surface area contributed by atoms with Gasteiger partial charge in [-0.1, -0.05) is 30.7 Å². The van der Waals surface area contributed by atoms with Gasteiger partial charge in [-0.2, -0.15) is 4.31 Å². The molecule has 1 aromatic carbocycles. The van der Waals surface area contributed by atoms with Crippen molar-refractivity contribution in [2.75, 3.05) is 11.9 Å². The number of benzene rings is 1. The van der Waals surface area contributed by atoms with E-state index in [0.29, 0.717) is 11.7 Å². The summed E-state index contributed by atoms with van der Waals surface area (Å²) in [7, 11) is -3.61. The van der Waals surface area contributed by atoms with Crippen molar-refractivity contribution in [1.82, 2.24) is 14.5 Å². The first-order valence-electron chi connectivity index (χ1n) is 8.67. The van der Waals surface area contributed by atoms with Gasteiger partial charge in [-0.05, 0) is 44.4 Å². The summed E-state index contributed by atoms with van der Waals surface area (Å²) in [5.74, 6) is -0.396. The van der Waals surface area contributed by atoms with Crippen LogP contribution >= 0.6 is 11.3 Å². The molecule has 2 aromatic rings. The molecule has 9 heteroatoms. The standard InChI is InChI=1S/C17H22N4O3S2/c1-3-15-19-20-17(25-15)18-16(22)13-8-6-9-14(11-13)26(23,24)21-10-5-4-7-12(21)2/h6,8-9,11-12H,3-5,7,10H2,1-2H3,(H,18,20,22). The molecule has 1 aromatic heterocycles. The van der Waals surface area contributed by atoms with Crippen LogP contribution in [0.25, 0.3) is 0 Å². The van der Waals surface area contributed by atoms with E-state index in [0.717, 1.165) is 30.7 Å². The largest absolute Gasteiger partial charge is 0.296 e. The Balaban J connectivity index is 1.82. The zero-order valence-corrected chi connectivity index (χ0v) is 16.4. The molecule has 1 fully saturated rings. The molecule has 1 saturated heterocycles. The van der Waals surface area contributed by atoms with Crippen molar-refractivity contribution in [3.05, 3.63) is 34.8 Å². The quantitative estimate of drug-likeness (QED) is 0.842. The van der Waals surface area contributed by atoms with Crippen LogP contribution in [0.15, 0.2) is 29.2 Å². The number of nitrogens with zero attached hydrogens (tertiary/aromatic N) is 3. The van der Waals surface area contributed by atoms with Crippen LogP contribution in [0.2, 0.25) is 0 Å². The van der Waals surface area contributed by atoms with Crippen LogP contribution in [0.5, 0.6) is 0 Å². The topological polar surface area (TPSA) is 92.3 Å². The molecule has 0 saturated carbocycles. The molecule has 26 heavy (non-hydrogen) atoms. The van der Waals surface area contributed by atoms with Crippen molar-refractivity contribution in [3.63, 3.8) is 0 Å². The van der Waals surface area contributed by atoms with Gasteiger partial charge in [0.15, 0.2) is 0 Å². The number of anilines is 1. The average Bonchev–Trinajstić information content (AvgIpc) is 3.09. The molecule has 0 aliphatic carbocycles. The minimum atomic E-state index is -3.61. The van der Waals surface area contributed by atoms with Gasteiger partial charge in [0.2, 0.25) is 15.2 Å². The maximum absolute atomic E-state index is 12.9. The van der Waals surface area contributed by atoms with Crippen LogP contribution in [0, 0.1) is 0 Å². The molecule has 0 spiro atoms. The molecular weight excluding hydrogens is 372 g/mol. The maximum Gasteiger partial charge on any atom is 0.257 e. The molecule has 7 nitrogen and oxygen atoms in total. The summed E-state index contributed by atoms with van der Waals surface area (Å²) in [5.41, 5.74) is 0.281. The van der Waals surface area contributed by atoms with Gasteiger partial charge >= 0.3 is 0 Å². The lowest BCUT2D eigenvalue weighted by molar-refractivity contribution is 0.102. The van der Waals surface area contributed by atoms with Crippen molar-refractivity contribution < 1.29 is 13.2 Å². The fourth-order valence-corrected chi connectivity index (χ4v) is 5.40. The number of hydrogen-bond acceptors (Lipinski definition) is 6. The van der Waals surface area contributed by atoms with Gasteiger partial charge in [0.05, 0.1) is 4.90 Å². The summed E-state index contributed by atoms with van der Waals surface area (Å²) in [6.07, 6.45) is 3.50. The highest BCUT2D eigenvalue weighted by molar-refractivity contribution is 7.89. The Hall–Kier alpha value is -1.84. The Morgan fingerprint density at radius 3 is 2.85 bits per heavy atom. The van der Waals surface area contributed by atoms with Crippen molar-refractivity contribution in [2.24, 2.45) is 0 Å². The minimum absolute atomic E-state index is 0.0277. The Kier molecular flexibility index (Phi) is 5.69. The number of sulfonamides is 1. The number of amides is 1. The lowest BCUT2D eigenvalue weighted by Gasteiger charge is -2.32. The number of aromatic nitrogens is 2. The Bertz CT molecular complexity index is 895. The number of carbonyl (C=O) groups is 1. The summed E-state index contributed by atoms with van der Waals surface area (Å²) < 4.78 is 27.4. The third-order valence-corrected chi connectivity index (χ3v) is 7.43. The van der Waals surface area contributed by atoms with E-state index in [1.54, 1.807) is 12.1 Å². The third kappa shape index (κ3) is 3.94. The van der Waals surface area contributed by atoms with E-state index < -0.39 is 15.9 Å². The zero-order valence-electron chi connectivity index (χ0n) is 14.8. The molecule has 0 bridgehead atoms. The van der Waals surface area contributed by atoms with Crippen molar-refractivity contribution in [1.29, 1.82) is 0 Å². The molecule has 2 heterocycles. The van der Waals surface area contributed by atoms with Gasteiger partial charge in [0, 0.05) is 18.2 Å². The van der Waals surface area contributed by atoms with Crippen LogP contribution in [0.4, 0.5) is 5.13 Å². The van der Waals surface area contributed by atoms with E-state index in [1.807, 2.05) is 13.8 Å². The van der Waals surface area contributed by atoms with Gasteiger partial charge < -0.3 is 0 Å². The summed E-state index contributed by atoms with van der Waals surface area (Å²) >= 11 is 1.31. The Labute approximate surface area is 157 Å². The molecule has 3 rings (SSSR count). The molecule has 1 aliphatic heterocycles. The highest BCUT2D eigenvalue weighted by Crippen LogP contribution is 2.26. The van der Waals surface area contributed by atoms with Gasteiger partial charge in [0.1, 0.15) is 5.01 Å². The van der Waals surface area contributed by atoms with Crippen LogP contribution in [-0.4, -0.2) is 41.4 Å². The predicted molar refractivity (Wildman–Crippen MR) is 101 cm³/mol. The maximum atomic E-state index is 12.9. The van der Waals surface area contributed by atoms with Crippen molar-refractivity contribution >= 4 is 32.4 Å². The SMILES string of the molecule is CCc1nnc(NC(=O)c2cccc(S(=O)(=O)N3CCCCC3C)c2)s1. The molecule has 0 radical (unpaired) electrons. The fraction of sp³-hybridized carbons (Fsp3) is 0.471. The van der Waals surface area contributed by atoms with E-state index in [9.17, 15) is 13.2 Å². The number of piperidine rings is 1. The average molecular weight is 395 g/mol. The van der Waals surface area contributed by atoms with E-state index in [4.69, 9.17) is 0 Å². The van der Waals surface area contributed by atoms with Gasteiger partial charge in [-0.15, -0.1) is 10.2 Å². The lowest BCUT2D eigenvalue weighted by atomic mass is 10.1.